The van der Waals surface area contributed by atoms with Gasteiger partial charge in [0.25, 0.3) is 0 Å². The lowest BCUT2D eigenvalue weighted by molar-refractivity contribution is 0.0514. The molecule has 0 saturated heterocycles. The van der Waals surface area contributed by atoms with Crippen LogP contribution in [0.15, 0.2) is 18.2 Å². The van der Waals surface area contributed by atoms with Gasteiger partial charge in [0.15, 0.2) is 0 Å². The number of ether oxygens (including phenoxy) is 1. The van der Waals surface area contributed by atoms with E-state index in [-0.39, 0.29) is 11.8 Å². The molecule has 0 amide bonds. The van der Waals surface area contributed by atoms with Crippen LogP contribution >= 0.6 is 0 Å². The number of aryl methyl sites for hydroxylation is 2. The van der Waals surface area contributed by atoms with Crippen LogP contribution in [0.5, 0.6) is 0 Å². The molecule has 0 aliphatic heterocycles. The van der Waals surface area contributed by atoms with Gasteiger partial charge in [-0.05, 0) is 37.1 Å². The highest BCUT2D eigenvalue weighted by Gasteiger charge is 2.21. The molecule has 4 heteroatoms. The summed E-state index contributed by atoms with van der Waals surface area (Å²) in [6.07, 6.45) is 0.662. The van der Waals surface area contributed by atoms with E-state index in [0.29, 0.717) is 18.7 Å². The van der Waals surface area contributed by atoms with Crippen LogP contribution in [0.4, 0.5) is 4.39 Å². The van der Waals surface area contributed by atoms with Crippen molar-refractivity contribution in [3.8, 4) is 0 Å². The Morgan fingerprint density at radius 3 is 2.72 bits per heavy atom. The van der Waals surface area contributed by atoms with Crippen LogP contribution < -0.4 is 0 Å². The van der Waals surface area contributed by atoms with Gasteiger partial charge in [-0.2, -0.15) is 0 Å². The van der Waals surface area contributed by atoms with Crippen molar-refractivity contribution in [2.45, 2.75) is 20.3 Å². The summed E-state index contributed by atoms with van der Waals surface area (Å²) < 4.78 is 20.1. The number of aromatic nitrogens is 1. The lowest BCUT2D eigenvalue weighted by atomic mass is 10.1. The Hall–Kier alpha value is -1.84. The molecule has 0 spiro atoms. The molecule has 0 atom stereocenters. The average molecular weight is 249 g/mol. The van der Waals surface area contributed by atoms with E-state index < -0.39 is 0 Å². The van der Waals surface area contributed by atoms with Crippen molar-refractivity contribution >= 4 is 16.9 Å². The maximum atomic E-state index is 13.3. The van der Waals surface area contributed by atoms with Gasteiger partial charge in [-0.3, -0.25) is 0 Å². The Balaban J connectivity index is 2.72. The first-order valence-corrected chi connectivity index (χ1v) is 6.04. The predicted octanol–water partition coefficient (Wildman–Crippen LogP) is 3.06. The van der Waals surface area contributed by atoms with Gasteiger partial charge in [-0.1, -0.05) is 6.92 Å². The highest BCUT2D eigenvalue weighted by atomic mass is 19.1. The Labute approximate surface area is 105 Å². The van der Waals surface area contributed by atoms with Gasteiger partial charge in [0, 0.05) is 18.0 Å². The van der Waals surface area contributed by atoms with Crippen LogP contribution in [0.1, 0.15) is 29.9 Å². The lowest BCUT2D eigenvalue weighted by Gasteiger charge is -2.05. The quantitative estimate of drug-likeness (QED) is 0.783. The second-order valence-electron chi connectivity index (χ2n) is 4.12. The van der Waals surface area contributed by atoms with E-state index >= 15 is 0 Å². The van der Waals surface area contributed by atoms with E-state index in [9.17, 15) is 9.18 Å². The minimum Gasteiger partial charge on any atom is -0.461 e. The first-order valence-electron chi connectivity index (χ1n) is 6.04. The Morgan fingerprint density at radius 1 is 1.39 bits per heavy atom. The largest absolute Gasteiger partial charge is 0.461 e. The zero-order valence-corrected chi connectivity index (χ0v) is 10.8. The molecule has 2 rings (SSSR count). The second-order valence-corrected chi connectivity index (χ2v) is 4.12. The number of esters is 1. The van der Waals surface area contributed by atoms with Crippen LogP contribution in [0, 0.1) is 5.82 Å². The first-order chi connectivity index (χ1) is 8.60. The summed E-state index contributed by atoms with van der Waals surface area (Å²) in [4.78, 5) is 12.0. The molecule has 0 radical (unpaired) electrons. The molecule has 0 fully saturated rings. The third-order valence-electron chi connectivity index (χ3n) is 3.09. The predicted molar refractivity (Wildman–Crippen MR) is 68.2 cm³/mol. The number of nitrogens with zero attached hydrogens (tertiary/aromatic N) is 1. The van der Waals surface area contributed by atoms with Crippen LogP contribution in [0.2, 0.25) is 0 Å². The van der Waals surface area contributed by atoms with Crippen LogP contribution in [-0.4, -0.2) is 17.1 Å². The summed E-state index contributed by atoms with van der Waals surface area (Å²) in [6, 6.07) is 4.56. The summed E-state index contributed by atoms with van der Waals surface area (Å²) in [5.74, 6) is -0.647. The smallest absolute Gasteiger partial charge is 0.355 e. The topological polar surface area (TPSA) is 31.2 Å². The maximum Gasteiger partial charge on any atom is 0.355 e. The van der Waals surface area contributed by atoms with Crippen molar-refractivity contribution < 1.29 is 13.9 Å². The molecule has 1 aromatic heterocycles. The number of carbonyl (C=O) groups is 1. The fraction of sp³-hybridized carbons (Fsp3) is 0.357. The summed E-state index contributed by atoms with van der Waals surface area (Å²) in [6.45, 7) is 4.05. The van der Waals surface area contributed by atoms with Crippen molar-refractivity contribution in [3.05, 3.63) is 35.3 Å². The summed E-state index contributed by atoms with van der Waals surface area (Å²) >= 11 is 0. The third-order valence-corrected chi connectivity index (χ3v) is 3.09. The molecule has 0 aliphatic carbocycles. The number of hydrogen-bond donors (Lipinski definition) is 0. The number of benzene rings is 1. The van der Waals surface area contributed by atoms with Crippen LogP contribution in [-0.2, 0) is 18.2 Å². The molecule has 0 saturated carbocycles. The van der Waals surface area contributed by atoms with Gasteiger partial charge >= 0.3 is 5.97 Å². The molecule has 0 bridgehead atoms. The van der Waals surface area contributed by atoms with Crippen molar-refractivity contribution in [1.29, 1.82) is 0 Å². The van der Waals surface area contributed by atoms with E-state index in [1.165, 1.54) is 12.1 Å². The maximum absolute atomic E-state index is 13.3. The Kier molecular flexibility index (Phi) is 3.36. The number of halogens is 1. The van der Waals surface area contributed by atoms with Gasteiger partial charge in [0.05, 0.1) is 6.61 Å². The van der Waals surface area contributed by atoms with Gasteiger partial charge < -0.3 is 9.30 Å². The first kappa shape index (κ1) is 12.6. The van der Waals surface area contributed by atoms with Crippen LogP contribution in [0.3, 0.4) is 0 Å². The molecule has 0 N–H and O–H groups in total. The molecule has 2 aromatic rings. The molecule has 1 heterocycles. The second kappa shape index (κ2) is 4.80. The van der Waals surface area contributed by atoms with Crippen molar-refractivity contribution in [3.63, 3.8) is 0 Å². The van der Waals surface area contributed by atoms with Crippen molar-refractivity contribution in [2.75, 3.05) is 6.61 Å². The van der Waals surface area contributed by atoms with Gasteiger partial charge in [0.2, 0.25) is 0 Å². The molecular formula is C14H16FNO2. The van der Waals surface area contributed by atoms with Gasteiger partial charge in [-0.15, -0.1) is 0 Å². The highest BCUT2D eigenvalue weighted by Crippen LogP contribution is 2.27. The Morgan fingerprint density at radius 2 is 2.11 bits per heavy atom. The molecule has 0 unspecified atom stereocenters. The number of rotatable bonds is 3. The summed E-state index contributed by atoms with van der Waals surface area (Å²) in [7, 11) is 1.80. The molecule has 18 heavy (non-hydrogen) atoms. The van der Waals surface area contributed by atoms with E-state index in [1.54, 1.807) is 24.6 Å². The molecular weight excluding hydrogens is 233 g/mol. The standard InChI is InChI=1S/C14H16FNO2/c1-4-10-11-8-9(15)6-7-12(11)16(3)13(10)14(17)18-5-2/h6-8H,4-5H2,1-3H3. The number of fused-ring (bicyclic) bond motifs is 1. The van der Waals surface area contributed by atoms with E-state index in [0.717, 1.165) is 16.5 Å². The zero-order valence-electron chi connectivity index (χ0n) is 10.8. The number of hydrogen-bond acceptors (Lipinski definition) is 2. The minimum atomic E-state index is -0.353. The van der Waals surface area contributed by atoms with Crippen molar-refractivity contribution in [1.82, 2.24) is 4.57 Å². The SMILES string of the molecule is CCOC(=O)c1c(CC)c2cc(F)ccc2n1C. The molecule has 96 valence electrons. The molecule has 1 aromatic carbocycles. The normalized spacial score (nSPS) is 10.9. The fourth-order valence-corrected chi connectivity index (χ4v) is 2.31. The lowest BCUT2D eigenvalue weighted by Crippen LogP contribution is -2.11. The third kappa shape index (κ3) is 1.88. The minimum absolute atomic E-state index is 0.293. The molecule has 0 aliphatic rings. The Bertz CT molecular complexity index is 601. The average Bonchev–Trinajstić information content (AvgIpc) is 2.61. The zero-order chi connectivity index (χ0) is 13.3. The summed E-state index contributed by atoms with van der Waals surface area (Å²) in [5.41, 5.74) is 2.20. The monoisotopic (exact) mass is 249 g/mol. The van der Waals surface area contributed by atoms with Crippen molar-refractivity contribution in [2.24, 2.45) is 7.05 Å². The van der Waals surface area contributed by atoms with E-state index in [2.05, 4.69) is 0 Å². The van der Waals surface area contributed by atoms with Gasteiger partial charge in [-0.25, -0.2) is 9.18 Å². The molecule has 3 nitrogen and oxygen atoms in total. The number of carbonyl (C=O) groups excluding carboxylic acids is 1. The summed E-state index contributed by atoms with van der Waals surface area (Å²) in [5, 5.41) is 0.781. The van der Waals surface area contributed by atoms with Crippen LogP contribution in [0.25, 0.3) is 10.9 Å². The van der Waals surface area contributed by atoms with E-state index in [1.807, 2.05) is 6.92 Å². The van der Waals surface area contributed by atoms with E-state index in [4.69, 9.17) is 4.74 Å². The highest BCUT2D eigenvalue weighted by molar-refractivity contribution is 5.99. The fourth-order valence-electron chi connectivity index (χ4n) is 2.31. The van der Waals surface area contributed by atoms with Gasteiger partial charge in [0.1, 0.15) is 11.5 Å².